The number of allylic oxidation sites excluding steroid dienone is 2. The Morgan fingerprint density at radius 2 is 1.79 bits per heavy atom. The summed E-state index contributed by atoms with van der Waals surface area (Å²) in [4.78, 5) is 20.1. The number of carbonyl (C=O) groups is 1. The Labute approximate surface area is 167 Å². The molecule has 0 aromatic heterocycles. The van der Waals surface area contributed by atoms with Crippen LogP contribution in [0.1, 0.15) is 35.3 Å². The van der Waals surface area contributed by atoms with Gasteiger partial charge in [-0.15, -0.1) is 0 Å². The number of aryl methyl sites for hydroxylation is 1. The van der Waals surface area contributed by atoms with Gasteiger partial charge >= 0.3 is 0 Å². The number of hydrogen-bond donors (Lipinski definition) is 1. The van der Waals surface area contributed by atoms with Crippen molar-refractivity contribution >= 4 is 22.9 Å². The van der Waals surface area contributed by atoms with Crippen LogP contribution in [0.5, 0.6) is 0 Å². The molecule has 4 heteroatoms. The third-order valence-electron chi connectivity index (χ3n) is 5.15. The van der Waals surface area contributed by atoms with Gasteiger partial charge in [0.15, 0.2) is 5.78 Å². The first-order valence-corrected chi connectivity index (χ1v) is 9.67. The highest BCUT2D eigenvalue weighted by Crippen LogP contribution is 2.29. The van der Waals surface area contributed by atoms with E-state index in [4.69, 9.17) is 4.99 Å². The molecule has 1 aliphatic carbocycles. The lowest BCUT2D eigenvalue weighted by atomic mass is 9.87. The van der Waals surface area contributed by atoms with Gasteiger partial charge in [-0.05, 0) is 50.6 Å². The van der Waals surface area contributed by atoms with Gasteiger partial charge in [-0.1, -0.05) is 30.8 Å². The lowest BCUT2D eigenvalue weighted by Gasteiger charge is -2.22. The molecule has 0 saturated heterocycles. The van der Waals surface area contributed by atoms with Gasteiger partial charge in [0.1, 0.15) is 0 Å². The molecule has 1 N–H and O–H groups in total. The minimum absolute atomic E-state index is 0.0255. The number of anilines is 1. The fourth-order valence-corrected chi connectivity index (χ4v) is 3.46. The average Bonchev–Trinajstić information content (AvgIpc) is 2.72. The Balaban J connectivity index is 2.10. The molecule has 144 valence electrons. The van der Waals surface area contributed by atoms with E-state index in [1.807, 2.05) is 30.3 Å². The molecule has 0 heterocycles. The van der Waals surface area contributed by atoms with Crippen LogP contribution in [0.2, 0.25) is 0 Å². The van der Waals surface area contributed by atoms with Crippen molar-refractivity contribution < 1.29 is 4.79 Å². The van der Waals surface area contributed by atoms with E-state index in [0.717, 1.165) is 35.6 Å². The second-order valence-corrected chi connectivity index (χ2v) is 6.80. The number of nitrogens with zero attached hydrogens (tertiary/aromatic N) is 2. The maximum atomic E-state index is 12.8. The van der Waals surface area contributed by atoms with Gasteiger partial charge in [0.05, 0.1) is 11.4 Å². The van der Waals surface area contributed by atoms with Crippen LogP contribution in [-0.4, -0.2) is 31.6 Å². The van der Waals surface area contributed by atoms with Gasteiger partial charge in [-0.2, -0.15) is 0 Å². The Morgan fingerprint density at radius 3 is 2.39 bits per heavy atom. The zero-order chi connectivity index (χ0) is 20.3. The second kappa shape index (κ2) is 8.26. The van der Waals surface area contributed by atoms with Crippen molar-refractivity contribution in [1.82, 2.24) is 5.32 Å². The number of hydrogen-bond acceptors (Lipinski definition) is 4. The molecule has 2 aromatic rings. The molecule has 1 aliphatic rings. The van der Waals surface area contributed by atoms with Crippen LogP contribution in [0.25, 0.3) is 0 Å². The van der Waals surface area contributed by atoms with Crippen molar-refractivity contribution in [2.75, 3.05) is 25.0 Å². The molecule has 0 fully saturated rings. The van der Waals surface area contributed by atoms with E-state index in [1.54, 1.807) is 7.05 Å². The van der Waals surface area contributed by atoms with Gasteiger partial charge in [-0.25, -0.2) is 4.99 Å². The molecule has 2 aromatic carbocycles. The highest BCUT2D eigenvalue weighted by atomic mass is 16.1. The number of aliphatic imine (C=N–C) groups is 1. The van der Waals surface area contributed by atoms with E-state index in [1.165, 1.54) is 5.69 Å². The number of fused-ring (bicyclic) bond motifs is 1. The van der Waals surface area contributed by atoms with Crippen LogP contribution < -0.4 is 10.2 Å². The van der Waals surface area contributed by atoms with E-state index in [0.29, 0.717) is 16.8 Å². The molecular formula is C24H27N3O. The van der Waals surface area contributed by atoms with Gasteiger partial charge < -0.3 is 10.2 Å². The van der Waals surface area contributed by atoms with Crippen LogP contribution in [0.4, 0.5) is 11.4 Å². The number of rotatable bonds is 6. The topological polar surface area (TPSA) is 44.7 Å². The minimum atomic E-state index is -0.0255. The van der Waals surface area contributed by atoms with Crippen LogP contribution in [0, 0.1) is 6.92 Å². The minimum Gasteiger partial charge on any atom is -0.388 e. The molecule has 4 nitrogen and oxygen atoms in total. The fourth-order valence-electron chi connectivity index (χ4n) is 3.46. The maximum Gasteiger partial charge on any atom is 0.195 e. The van der Waals surface area contributed by atoms with Crippen molar-refractivity contribution in [3.8, 4) is 0 Å². The maximum absolute atomic E-state index is 12.8. The number of likely N-dealkylation sites (N-methyl/N-ethyl adjacent to an activating group) is 1. The molecule has 0 atom stereocenters. The third-order valence-corrected chi connectivity index (χ3v) is 5.15. The summed E-state index contributed by atoms with van der Waals surface area (Å²) in [5.41, 5.74) is 6.65. The standard InChI is InChI=1S/C24H27N3O/c1-6-27(7-2)18-12-13-22(16(3)14-18)26-23-15-21(17(4)25-5)24(28)20-11-9-8-10-19(20)23/h8-15,25H,4,6-7H2,1-3,5H3. The fraction of sp³-hybridized carbons (Fsp3) is 0.250. The van der Waals surface area contributed by atoms with Gasteiger partial charge in [0.2, 0.25) is 0 Å². The largest absolute Gasteiger partial charge is 0.388 e. The molecule has 0 spiro atoms. The first-order valence-electron chi connectivity index (χ1n) is 9.67. The monoisotopic (exact) mass is 373 g/mol. The van der Waals surface area contributed by atoms with Crippen LogP contribution in [0.3, 0.4) is 0 Å². The smallest absolute Gasteiger partial charge is 0.195 e. The summed E-state index contributed by atoms with van der Waals surface area (Å²) in [5.74, 6) is -0.0255. The summed E-state index contributed by atoms with van der Waals surface area (Å²) in [6.45, 7) is 12.3. The van der Waals surface area contributed by atoms with E-state index in [-0.39, 0.29) is 5.78 Å². The van der Waals surface area contributed by atoms with Crippen LogP contribution >= 0.6 is 0 Å². The summed E-state index contributed by atoms with van der Waals surface area (Å²) in [6, 6.07) is 13.9. The summed E-state index contributed by atoms with van der Waals surface area (Å²) >= 11 is 0. The first-order chi connectivity index (χ1) is 13.5. The third kappa shape index (κ3) is 3.63. The molecule has 0 unspecified atom stereocenters. The molecule has 3 rings (SSSR count). The predicted octanol–water partition coefficient (Wildman–Crippen LogP) is 4.82. The van der Waals surface area contributed by atoms with Crippen molar-refractivity contribution in [2.45, 2.75) is 20.8 Å². The van der Waals surface area contributed by atoms with E-state index in [2.05, 4.69) is 55.8 Å². The number of Topliss-reactive ketones (excluding diaryl/α,β-unsaturated/α-hetero) is 1. The van der Waals surface area contributed by atoms with Crippen LogP contribution in [-0.2, 0) is 0 Å². The molecule has 0 saturated carbocycles. The Hall–Kier alpha value is -3.14. The zero-order valence-corrected chi connectivity index (χ0v) is 17.0. The lowest BCUT2D eigenvalue weighted by molar-refractivity contribution is 0.103. The van der Waals surface area contributed by atoms with Gasteiger partial charge in [-0.3, -0.25) is 4.79 Å². The highest BCUT2D eigenvalue weighted by Gasteiger charge is 2.25. The summed E-state index contributed by atoms with van der Waals surface area (Å²) in [7, 11) is 1.77. The highest BCUT2D eigenvalue weighted by molar-refractivity contribution is 6.28. The first kappa shape index (κ1) is 19.6. The van der Waals surface area contributed by atoms with Crippen molar-refractivity contribution in [2.24, 2.45) is 4.99 Å². The SMILES string of the molecule is C=C(NC)C1=CC(=Nc2ccc(N(CC)CC)cc2C)c2ccccc2C1=O. The van der Waals surface area contributed by atoms with Crippen molar-refractivity contribution in [3.05, 3.63) is 83.1 Å². The molecule has 0 amide bonds. The molecule has 0 bridgehead atoms. The Bertz CT molecular complexity index is 981. The quantitative estimate of drug-likeness (QED) is 0.790. The normalized spacial score (nSPS) is 14.5. The van der Waals surface area contributed by atoms with Crippen molar-refractivity contribution in [3.63, 3.8) is 0 Å². The van der Waals surface area contributed by atoms with Gasteiger partial charge in [0.25, 0.3) is 0 Å². The van der Waals surface area contributed by atoms with E-state index < -0.39 is 0 Å². The second-order valence-electron chi connectivity index (χ2n) is 6.80. The molecular weight excluding hydrogens is 346 g/mol. The van der Waals surface area contributed by atoms with Gasteiger partial charge in [0, 0.05) is 48.2 Å². The summed E-state index contributed by atoms with van der Waals surface area (Å²) in [5, 5.41) is 2.98. The Morgan fingerprint density at radius 1 is 1.11 bits per heavy atom. The summed E-state index contributed by atoms with van der Waals surface area (Å²) in [6.07, 6.45) is 1.83. The van der Waals surface area contributed by atoms with Crippen LogP contribution in [0.15, 0.2) is 71.4 Å². The molecule has 28 heavy (non-hydrogen) atoms. The van der Waals surface area contributed by atoms with E-state index in [9.17, 15) is 4.79 Å². The van der Waals surface area contributed by atoms with E-state index >= 15 is 0 Å². The number of ketones is 1. The number of carbonyl (C=O) groups excluding carboxylic acids is 1. The molecule has 0 aliphatic heterocycles. The Kier molecular flexibility index (Phi) is 5.78. The average molecular weight is 374 g/mol. The van der Waals surface area contributed by atoms with Crippen molar-refractivity contribution in [1.29, 1.82) is 0 Å². The lowest BCUT2D eigenvalue weighted by Crippen LogP contribution is -2.22. The molecule has 0 radical (unpaired) electrons. The predicted molar refractivity (Wildman–Crippen MR) is 118 cm³/mol. The number of nitrogens with one attached hydrogen (secondary N) is 1. The number of benzene rings is 2. The summed E-state index contributed by atoms with van der Waals surface area (Å²) < 4.78 is 0. The zero-order valence-electron chi connectivity index (χ0n) is 17.0.